The van der Waals surface area contributed by atoms with Crippen molar-refractivity contribution in [3.8, 4) is 0 Å². The van der Waals surface area contributed by atoms with Gasteiger partial charge in [-0.3, -0.25) is 0 Å². The minimum Gasteiger partial charge on any atom is -0.303 e. The van der Waals surface area contributed by atoms with E-state index in [1.807, 2.05) is 0 Å². The molecule has 0 spiro atoms. The topological polar surface area (TPSA) is 17.1 Å². The van der Waals surface area contributed by atoms with Gasteiger partial charge in [0.25, 0.3) is 0 Å². The molecule has 4 rings (SSSR count). The first-order valence-corrected chi connectivity index (χ1v) is 12.2. The Bertz CT molecular complexity index is 651. The Kier molecular flexibility index (Phi) is 4.76. The summed E-state index contributed by atoms with van der Waals surface area (Å²) in [4.78, 5) is 11.9. The molecule has 0 saturated heterocycles. The van der Waals surface area contributed by atoms with Gasteiger partial charge in [0, 0.05) is 5.92 Å². The van der Waals surface area contributed by atoms with Crippen LogP contribution >= 0.6 is 0 Å². The third-order valence-electron chi connectivity index (χ3n) is 11.6. The fourth-order valence-corrected chi connectivity index (χ4v) is 9.57. The Balaban J connectivity index is 1.76. The Morgan fingerprint density at radius 3 is 2.21 bits per heavy atom. The molecule has 4 saturated carbocycles. The fourth-order valence-electron chi connectivity index (χ4n) is 9.57. The molecular formula is C27H44O. The van der Waals surface area contributed by atoms with E-state index in [1.165, 1.54) is 51.2 Å². The van der Waals surface area contributed by atoms with Crippen molar-refractivity contribution in [3.05, 3.63) is 12.7 Å². The number of aldehydes is 1. The maximum absolute atomic E-state index is 11.9. The van der Waals surface area contributed by atoms with Crippen molar-refractivity contribution in [2.75, 3.05) is 0 Å². The zero-order valence-electron chi connectivity index (χ0n) is 19.4. The lowest BCUT2D eigenvalue weighted by Crippen LogP contribution is -2.63. The van der Waals surface area contributed by atoms with Crippen LogP contribution in [0.5, 0.6) is 0 Å². The summed E-state index contributed by atoms with van der Waals surface area (Å²) < 4.78 is 0. The third-order valence-corrected chi connectivity index (χ3v) is 11.6. The lowest BCUT2D eigenvalue weighted by molar-refractivity contribution is -0.207. The molecule has 0 aromatic carbocycles. The molecule has 0 amide bonds. The first kappa shape index (κ1) is 20.7. The molecule has 0 aliphatic heterocycles. The van der Waals surface area contributed by atoms with Crippen LogP contribution in [0, 0.1) is 57.2 Å². The van der Waals surface area contributed by atoms with E-state index in [4.69, 9.17) is 0 Å². The molecule has 4 aliphatic rings. The van der Waals surface area contributed by atoms with Crippen LogP contribution in [0.2, 0.25) is 0 Å². The summed E-state index contributed by atoms with van der Waals surface area (Å²) in [6.45, 7) is 19.5. The predicted molar refractivity (Wildman–Crippen MR) is 118 cm³/mol. The molecule has 4 fully saturated rings. The van der Waals surface area contributed by atoms with Gasteiger partial charge in [-0.25, -0.2) is 0 Å². The molecule has 4 aliphatic carbocycles. The number of hydrogen-bond donors (Lipinski definition) is 0. The van der Waals surface area contributed by atoms with Crippen molar-refractivity contribution in [2.45, 2.75) is 92.9 Å². The van der Waals surface area contributed by atoms with Gasteiger partial charge in [-0.15, -0.1) is 6.58 Å². The van der Waals surface area contributed by atoms with Crippen LogP contribution < -0.4 is 0 Å². The molecular weight excluding hydrogens is 340 g/mol. The highest BCUT2D eigenvalue weighted by Gasteiger charge is 2.68. The SMILES string of the molecule is C=C[C@@]1(C)[C@H](C=O)CC[C@]2(C)[C@@H]1CC[C@@H]1[C@H]3[C@H](C(C)C)CC[C@]3(C)CC[C@]12C. The van der Waals surface area contributed by atoms with Gasteiger partial charge in [-0.05, 0) is 103 Å². The smallest absolute Gasteiger partial charge is 0.123 e. The number of carbonyl (C=O) groups is 1. The number of rotatable bonds is 3. The molecule has 9 atom stereocenters. The largest absolute Gasteiger partial charge is 0.303 e. The van der Waals surface area contributed by atoms with Gasteiger partial charge in [-0.2, -0.15) is 0 Å². The standard InChI is InChI=1S/C27H44O/c1-8-25(5)19(17-28)11-14-27(7)22(25)10-9-21-23-20(18(2)3)12-13-24(23,4)15-16-26(21,27)6/h8,17-23H,1,9-16H2,2-7H3/t19-,20-,21+,22+,23+,24+,25-,26+,27+/m0/s1. The molecule has 0 bridgehead atoms. The Hall–Kier alpha value is -0.590. The summed E-state index contributed by atoms with van der Waals surface area (Å²) in [5.41, 5.74) is 1.29. The number of carbonyl (C=O) groups excluding carboxylic acids is 1. The highest BCUT2D eigenvalue weighted by molar-refractivity contribution is 5.56. The van der Waals surface area contributed by atoms with Crippen LogP contribution in [0.15, 0.2) is 12.7 Å². The zero-order chi connectivity index (χ0) is 20.5. The number of hydrogen-bond acceptors (Lipinski definition) is 1. The molecule has 28 heavy (non-hydrogen) atoms. The van der Waals surface area contributed by atoms with E-state index in [1.54, 1.807) is 0 Å². The van der Waals surface area contributed by atoms with Crippen molar-refractivity contribution in [3.63, 3.8) is 0 Å². The first-order chi connectivity index (χ1) is 13.1. The minimum absolute atomic E-state index is 0.0311. The number of allylic oxidation sites excluding steroid dienone is 1. The average Bonchev–Trinajstić information content (AvgIpc) is 3.01. The third kappa shape index (κ3) is 2.40. The van der Waals surface area contributed by atoms with E-state index < -0.39 is 0 Å². The summed E-state index contributed by atoms with van der Waals surface area (Å²) in [5.74, 6) is 4.25. The first-order valence-electron chi connectivity index (χ1n) is 12.2. The molecule has 1 nitrogen and oxygen atoms in total. The van der Waals surface area contributed by atoms with Crippen LogP contribution in [0.3, 0.4) is 0 Å². The van der Waals surface area contributed by atoms with Gasteiger partial charge in [0.2, 0.25) is 0 Å². The fraction of sp³-hybridized carbons (Fsp3) is 0.889. The van der Waals surface area contributed by atoms with Crippen molar-refractivity contribution >= 4 is 6.29 Å². The molecule has 0 N–H and O–H groups in total. The van der Waals surface area contributed by atoms with Gasteiger partial charge >= 0.3 is 0 Å². The van der Waals surface area contributed by atoms with E-state index in [9.17, 15) is 4.79 Å². The Labute approximate surface area is 174 Å². The molecule has 0 radical (unpaired) electrons. The van der Waals surface area contributed by atoms with E-state index in [0.717, 1.165) is 30.1 Å². The zero-order valence-corrected chi connectivity index (χ0v) is 19.4. The highest BCUT2D eigenvalue weighted by Crippen LogP contribution is 2.75. The van der Waals surface area contributed by atoms with Crippen LogP contribution in [-0.4, -0.2) is 6.29 Å². The van der Waals surface area contributed by atoms with Gasteiger partial charge < -0.3 is 4.79 Å². The summed E-state index contributed by atoms with van der Waals surface area (Å²) >= 11 is 0. The maximum Gasteiger partial charge on any atom is 0.123 e. The van der Waals surface area contributed by atoms with Crippen LogP contribution in [0.25, 0.3) is 0 Å². The monoisotopic (exact) mass is 384 g/mol. The molecule has 0 aromatic heterocycles. The van der Waals surface area contributed by atoms with E-state index in [0.29, 0.717) is 22.2 Å². The quantitative estimate of drug-likeness (QED) is 0.368. The van der Waals surface area contributed by atoms with Crippen molar-refractivity contribution in [2.24, 2.45) is 57.2 Å². The van der Waals surface area contributed by atoms with Gasteiger partial charge in [0.05, 0.1) is 0 Å². The molecule has 158 valence electrons. The Morgan fingerprint density at radius 1 is 0.893 bits per heavy atom. The second kappa shape index (κ2) is 6.45. The average molecular weight is 385 g/mol. The minimum atomic E-state index is -0.0311. The van der Waals surface area contributed by atoms with Crippen LogP contribution in [0.1, 0.15) is 92.9 Å². The second-order valence-electron chi connectivity index (χ2n) is 12.5. The summed E-state index contributed by atoms with van der Waals surface area (Å²) in [5, 5.41) is 0. The lowest BCUT2D eigenvalue weighted by Gasteiger charge is -2.70. The highest BCUT2D eigenvalue weighted by atomic mass is 16.1. The predicted octanol–water partition coefficient (Wildman–Crippen LogP) is 7.31. The van der Waals surface area contributed by atoms with Crippen molar-refractivity contribution < 1.29 is 4.79 Å². The second-order valence-corrected chi connectivity index (χ2v) is 12.5. The summed E-state index contributed by atoms with van der Waals surface area (Å²) in [6, 6.07) is 0. The molecule has 0 aromatic rings. The van der Waals surface area contributed by atoms with E-state index >= 15 is 0 Å². The molecule has 0 heterocycles. The molecule has 0 unspecified atom stereocenters. The van der Waals surface area contributed by atoms with Crippen molar-refractivity contribution in [1.82, 2.24) is 0 Å². The van der Waals surface area contributed by atoms with Gasteiger partial charge in [0.15, 0.2) is 0 Å². The van der Waals surface area contributed by atoms with E-state index in [2.05, 4.69) is 54.2 Å². The molecule has 1 heteroatoms. The van der Waals surface area contributed by atoms with E-state index in [-0.39, 0.29) is 11.3 Å². The maximum atomic E-state index is 11.9. The van der Waals surface area contributed by atoms with Gasteiger partial charge in [-0.1, -0.05) is 47.6 Å². The Morgan fingerprint density at radius 2 is 1.61 bits per heavy atom. The van der Waals surface area contributed by atoms with Crippen LogP contribution in [-0.2, 0) is 4.79 Å². The van der Waals surface area contributed by atoms with Gasteiger partial charge in [0.1, 0.15) is 6.29 Å². The number of fused-ring (bicyclic) bond motifs is 5. The summed E-state index contributed by atoms with van der Waals surface area (Å²) in [7, 11) is 0. The normalized spacial score (nSPS) is 55.9. The summed E-state index contributed by atoms with van der Waals surface area (Å²) in [6.07, 6.45) is 14.1. The lowest BCUT2D eigenvalue weighted by atomic mass is 9.34. The van der Waals surface area contributed by atoms with Crippen molar-refractivity contribution in [1.29, 1.82) is 0 Å². The van der Waals surface area contributed by atoms with Crippen LogP contribution in [0.4, 0.5) is 0 Å².